The van der Waals surface area contributed by atoms with E-state index in [0.29, 0.717) is 12.1 Å². The van der Waals surface area contributed by atoms with Crippen LogP contribution >= 0.6 is 0 Å². The Kier molecular flexibility index (Phi) is 3.80. The highest BCUT2D eigenvalue weighted by Crippen LogP contribution is 2.29. The van der Waals surface area contributed by atoms with Crippen LogP contribution in [0.1, 0.15) is 26.2 Å². The van der Waals surface area contributed by atoms with Crippen molar-refractivity contribution in [1.82, 2.24) is 10.2 Å². The fraction of sp³-hybridized carbons (Fsp3) is 1.00. The molecule has 88 valence electrons. The molecule has 2 aliphatic rings. The zero-order valence-electron chi connectivity index (χ0n) is 9.74. The Morgan fingerprint density at radius 1 is 1.47 bits per heavy atom. The van der Waals surface area contributed by atoms with Crippen LogP contribution in [0, 0.1) is 0 Å². The smallest absolute Gasteiger partial charge is 0.0383 e. The molecule has 1 saturated carbocycles. The molecule has 3 atom stereocenters. The van der Waals surface area contributed by atoms with E-state index >= 15 is 0 Å². The standard InChI is InChI=1S/C11H22N2OS/c1-9(8-15(2)14)12-10-5-6-13(7-10)11-3-4-11/h9-12H,3-8H2,1-2H3. The fourth-order valence-electron chi connectivity index (χ4n) is 2.50. The van der Waals surface area contributed by atoms with Gasteiger partial charge in [0, 0.05) is 54.0 Å². The molecule has 0 aromatic carbocycles. The maximum atomic E-state index is 11.1. The lowest BCUT2D eigenvalue weighted by Gasteiger charge is -2.19. The summed E-state index contributed by atoms with van der Waals surface area (Å²) in [6.07, 6.45) is 5.85. The number of likely N-dealkylation sites (tertiary alicyclic amines) is 1. The first-order valence-electron chi connectivity index (χ1n) is 5.95. The molecule has 1 saturated heterocycles. The summed E-state index contributed by atoms with van der Waals surface area (Å²) in [5.41, 5.74) is 0. The largest absolute Gasteiger partial charge is 0.309 e. The van der Waals surface area contributed by atoms with Crippen molar-refractivity contribution in [3.05, 3.63) is 0 Å². The summed E-state index contributed by atoms with van der Waals surface area (Å²) in [6, 6.07) is 1.91. The van der Waals surface area contributed by atoms with Crippen molar-refractivity contribution < 1.29 is 4.21 Å². The van der Waals surface area contributed by atoms with Crippen molar-refractivity contribution in [3.63, 3.8) is 0 Å². The first-order chi connectivity index (χ1) is 7.15. The van der Waals surface area contributed by atoms with Crippen LogP contribution in [0.4, 0.5) is 0 Å². The number of hydrogen-bond acceptors (Lipinski definition) is 3. The molecule has 0 bridgehead atoms. The third-order valence-electron chi connectivity index (χ3n) is 3.29. The second-order valence-electron chi connectivity index (χ2n) is 5.02. The predicted octanol–water partition coefficient (Wildman–Crippen LogP) is 0.580. The van der Waals surface area contributed by atoms with Gasteiger partial charge in [-0.15, -0.1) is 0 Å². The van der Waals surface area contributed by atoms with Gasteiger partial charge < -0.3 is 5.32 Å². The van der Waals surface area contributed by atoms with Gasteiger partial charge in [0.1, 0.15) is 0 Å². The second-order valence-corrected chi connectivity index (χ2v) is 6.50. The quantitative estimate of drug-likeness (QED) is 0.750. The zero-order valence-corrected chi connectivity index (χ0v) is 10.6. The molecule has 2 fully saturated rings. The Morgan fingerprint density at radius 2 is 2.20 bits per heavy atom. The zero-order chi connectivity index (χ0) is 10.8. The summed E-state index contributed by atoms with van der Waals surface area (Å²) >= 11 is 0. The Bertz CT molecular complexity index is 243. The maximum Gasteiger partial charge on any atom is 0.0383 e. The lowest BCUT2D eigenvalue weighted by molar-refractivity contribution is 0.315. The number of hydrogen-bond donors (Lipinski definition) is 1. The van der Waals surface area contributed by atoms with Crippen LogP contribution in [0.2, 0.25) is 0 Å². The molecule has 3 nitrogen and oxygen atoms in total. The third kappa shape index (κ3) is 3.54. The summed E-state index contributed by atoms with van der Waals surface area (Å²) in [7, 11) is -0.677. The minimum atomic E-state index is -0.677. The number of nitrogens with one attached hydrogen (secondary N) is 1. The second kappa shape index (κ2) is 4.93. The highest BCUT2D eigenvalue weighted by atomic mass is 32.2. The first-order valence-corrected chi connectivity index (χ1v) is 7.68. The van der Waals surface area contributed by atoms with Crippen molar-refractivity contribution in [3.8, 4) is 0 Å². The van der Waals surface area contributed by atoms with E-state index < -0.39 is 10.8 Å². The van der Waals surface area contributed by atoms with Crippen LogP contribution in [0.15, 0.2) is 0 Å². The Hall–Kier alpha value is 0.0700. The molecule has 1 aliphatic heterocycles. The molecule has 1 aliphatic carbocycles. The Balaban J connectivity index is 1.69. The van der Waals surface area contributed by atoms with E-state index in [1.54, 1.807) is 6.26 Å². The molecule has 0 spiro atoms. The molecule has 1 N–H and O–H groups in total. The normalized spacial score (nSPS) is 31.7. The van der Waals surface area contributed by atoms with E-state index in [1.165, 1.54) is 32.4 Å². The average molecular weight is 230 g/mol. The van der Waals surface area contributed by atoms with Gasteiger partial charge in [-0.1, -0.05) is 0 Å². The van der Waals surface area contributed by atoms with Crippen LogP contribution in [0.5, 0.6) is 0 Å². The van der Waals surface area contributed by atoms with Gasteiger partial charge in [-0.25, -0.2) is 0 Å². The van der Waals surface area contributed by atoms with Gasteiger partial charge in [-0.05, 0) is 26.2 Å². The van der Waals surface area contributed by atoms with E-state index in [9.17, 15) is 4.21 Å². The lowest BCUT2D eigenvalue weighted by atomic mass is 10.2. The van der Waals surface area contributed by atoms with Crippen LogP contribution < -0.4 is 5.32 Å². The SMILES string of the molecule is CC(CS(C)=O)NC1CCN(C2CC2)C1. The summed E-state index contributed by atoms with van der Waals surface area (Å²) in [5.74, 6) is 0.778. The molecular formula is C11H22N2OS. The highest BCUT2D eigenvalue weighted by molar-refractivity contribution is 7.84. The van der Waals surface area contributed by atoms with E-state index in [2.05, 4.69) is 17.1 Å². The molecule has 0 radical (unpaired) electrons. The lowest BCUT2D eigenvalue weighted by Crippen LogP contribution is -2.41. The van der Waals surface area contributed by atoms with Gasteiger partial charge in [0.15, 0.2) is 0 Å². The monoisotopic (exact) mass is 230 g/mol. The van der Waals surface area contributed by atoms with E-state index in [4.69, 9.17) is 0 Å². The predicted molar refractivity (Wildman–Crippen MR) is 64.5 cm³/mol. The van der Waals surface area contributed by atoms with Crippen molar-refractivity contribution in [2.24, 2.45) is 0 Å². The maximum absolute atomic E-state index is 11.1. The molecular weight excluding hydrogens is 208 g/mol. The molecule has 0 amide bonds. The van der Waals surface area contributed by atoms with Gasteiger partial charge in [-0.2, -0.15) is 0 Å². The van der Waals surface area contributed by atoms with Gasteiger partial charge in [0.25, 0.3) is 0 Å². The molecule has 0 aromatic rings. The van der Waals surface area contributed by atoms with Gasteiger partial charge >= 0.3 is 0 Å². The Labute approximate surface area is 95.1 Å². The van der Waals surface area contributed by atoms with Gasteiger partial charge in [0.2, 0.25) is 0 Å². The van der Waals surface area contributed by atoms with Crippen LogP contribution in [0.25, 0.3) is 0 Å². The van der Waals surface area contributed by atoms with Crippen molar-refractivity contribution >= 4 is 10.8 Å². The van der Waals surface area contributed by atoms with Gasteiger partial charge in [-0.3, -0.25) is 9.11 Å². The molecule has 4 heteroatoms. The number of nitrogens with zero attached hydrogens (tertiary/aromatic N) is 1. The third-order valence-corrected chi connectivity index (χ3v) is 4.26. The number of rotatable bonds is 5. The van der Waals surface area contributed by atoms with Crippen molar-refractivity contribution in [2.45, 2.75) is 44.3 Å². The summed E-state index contributed by atoms with van der Waals surface area (Å²) in [4.78, 5) is 2.60. The average Bonchev–Trinajstić information content (AvgIpc) is 2.87. The molecule has 3 unspecified atom stereocenters. The minimum Gasteiger partial charge on any atom is -0.309 e. The summed E-state index contributed by atoms with van der Waals surface area (Å²) in [5, 5.41) is 3.59. The first kappa shape index (κ1) is 11.6. The summed E-state index contributed by atoms with van der Waals surface area (Å²) in [6.45, 7) is 4.59. The van der Waals surface area contributed by atoms with Crippen LogP contribution in [-0.4, -0.2) is 52.3 Å². The topological polar surface area (TPSA) is 32.3 Å². The molecule has 15 heavy (non-hydrogen) atoms. The van der Waals surface area contributed by atoms with Crippen molar-refractivity contribution in [1.29, 1.82) is 0 Å². The van der Waals surface area contributed by atoms with Crippen LogP contribution in [0.3, 0.4) is 0 Å². The van der Waals surface area contributed by atoms with E-state index in [0.717, 1.165) is 11.8 Å². The summed E-state index contributed by atoms with van der Waals surface area (Å²) < 4.78 is 11.1. The Morgan fingerprint density at radius 3 is 2.80 bits per heavy atom. The van der Waals surface area contributed by atoms with Crippen LogP contribution in [-0.2, 0) is 10.8 Å². The molecule has 1 heterocycles. The molecule has 0 aromatic heterocycles. The molecule has 2 rings (SSSR count). The van der Waals surface area contributed by atoms with Gasteiger partial charge in [0.05, 0.1) is 0 Å². The fourth-order valence-corrected chi connectivity index (χ4v) is 3.30. The van der Waals surface area contributed by atoms with Crippen molar-refractivity contribution in [2.75, 3.05) is 25.1 Å². The van der Waals surface area contributed by atoms with E-state index in [-0.39, 0.29) is 0 Å². The minimum absolute atomic E-state index is 0.389. The van der Waals surface area contributed by atoms with E-state index in [1.807, 2.05) is 0 Å². The highest BCUT2D eigenvalue weighted by Gasteiger charge is 2.34.